The Labute approximate surface area is 632 Å². The van der Waals surface area contributed by atoms with Crippen LogP contribution in [-0.2, 0) is 65.4 Å². The van der Waals surface area contributed by atoms with Crippen molar-refractivity contribution in [1.29, 1.82) is 0 Å². The number of carbonyl (C=O) groups is 4. The summed E-state index contributed by atoms with van der Waals surface area (Å²) in [4.78, 5) is 73.2. The van der Waals surface area contributed by atoms with E-state index >= 15 is 0 Å². The Morgan fingerprint density at radius 1 is 0.272 bits per heavy atom. The van der Waals surface area contributed by atoms with E-state index in [2.05, 4.69) is 34.6 Å². The monoisotopic (exact) mass is 1510 g/mol. The molecule has 0 bridgehead atoms. The molecule has 0 aromatic heterocycles. The Bertz CT molecular complexity index is 1960. The highest BCUT2D eigenvalue weighted by Crippen LogP contribution is 2.45. The number of aliphatic hydroxyl groups excluding tert-OH is 1. The lowest BCUT2D eigenvalue weighted by atomic mass is 9.99. The van der Waals surface area contributed by atoms with Crippen LogP contribution in [0.5, 0.6) is 0 Å². The second-order valence-corrected chi connectivity index (χ2v) is 33.4. The molecule has 0 saturated carbocycles. The normalized spacial score (nSPS) is 14.1. The highest BCUT2D eigenvalue weighted by atomic mass is 31.2. The van der Waals surface area contributed by atoms with E-state index in [9.17, 15) is 43.2 Å². The maximum atomic E-state index is 13.1. The van der Waals surface area contributed by atoms with Crippen LogP contribution in [0.1, 0.15) is 452 Å². The van der Waals surface area contributed by atoms with Crippen LogP contribution in [0.3, 0.4) is 0 Å². The van der Waals surface area contributed by atoms with E-state index in [-0.39, 0.29) is 25.7 Å². The topological polar surface area (TPSA) is 237 Å². The molecule has 19 heteroatoms. The molecule has 0 aliphatic rings. The molecule has 0 rings (SSSR count). The lowest BCUT2D eigenvalue weighted by Crippen LogP contribution is -2.30. The number of phosphoric acid groups is 2. The number of unbranched alkanes of at least 4 members (excludes halogenated alkanes) is 55. The first-order chi connectivity index (χ1) is 50.1. The third-order valence-electron chi connectivity index (χ3n) is 20.1. The van der Waals surface area contributed by atoms with E-state index in [1.54, 1.807) is 0 Å². The van der Waals surface area contributed by atoms with Gasteiger partial charge in [-0.25, -0.2) is 9.13 Å². The Hall–Kier alpha value is -1.94. The van der Waals surface area contributed by atoms with Crippen molar-refractivity contribution in [3.05, 3.63) is 0 Å². The van der Waals surface area contributed by atoms with Gasteiger partial charge in [-0.15, -0.1) is 0 Å². The van der Waals surface area contributed by atoms with Crippen LogP contribution in [0.25, 0.3) is 0 Å². The van der Waals surface area contributed by atoms with Gasteiger partial charge in [0.1, 0.15) is 19.3 Å². The fourth-order valence-corrected chi connectivity index (χ4v) is 14.7. The van der Waals surface area contributed by atoms with Crippen LogP contribution >= 0.6 is 15.6 Å². The van der Waals surface area contributed by atoms with Crippen molar-refractivity contribution in [2.75, 3.05) is 39.6 Å². The molecule has 103 heavy (non-hydrogen) atoms. The largest absolute Gasteiger partial charge is 0.472 e. The fraction of sp³-hybridized carbons (Fsp3) is 0.952. The summed E-state index contributed by atoms with van der Waals surface area (Å²) >= 11 is 0. The molecule has 0 spiro atoms. The summed E-state index contributed by atoms with van der Waals surface area (Å²) in [5.41, 5.74) is 0. The first-order valence-electron chi connectivity index (χ1n) is 43.7. The van der Waals surface area contributed by atoms with Gasteiger partial charge in [-0.05, 0) is 31.6 Å². The van der Waals surface area contributed by atoms with Crippen LogP contribution in [-0.4, -0.2) is 96.7 Å². The van der Waals surface area contributed by atoms with Gasteiger partial charge in [0.25, 0.3) is 0 Å². The van der Waals surface area contributed by atoms with Crippen molar-refractivity contribution >= 4 is 39.5 Å². The zero-order valence-corrected chi connectivity index (χ0v) is 69.3. The van der Waals surface area contributed by atoms with E-state index in [1.807, 2.05) is 0 Å². The number of hydrogen-bond donors (Lipinski definition) is 3. The number of rotatable bonds is 84. The zero-order chi connectivity index (χ0) is 75.5. The minimum Gasteiger partial charge on any atom is -0.462 e. The SMILES string of the molecule is CCCCCCCCCCCCCCCCCCCC(=O)OC[C@H](COP(=O)(O)OC[C@@H](O)COP(=O)(O)OC[C@@H](COC(=O)CCCCCCCCCCCCC)OC(=O)CCCCCCCCCCCCCCCCCCC)OC(=O)CCCCCCCCCCCCCCCCC(C)CC. The first-order valence-corrected chi connectivity index (χ1v) is 46.7. The number of phosphoric ester groups is 2. The Morgan fingerprint density at radius 2 is 0.466 bits per heavy atom. The Kier molecular flexibility index (Phi) is 75.4. The van der Waals surface area contributed by atoms with E-state index in [0.29, 0.717) is 25.7 Å². The third-order valence-corrected chi connectivity index (χ3v) is 22.0. The maximum Gasteiger partial charge on any atom is 0.472 e. The number of carbonyl (C=O) groups excluding carboxylic acids is 4. The molecule has 612 valence electrons. The van der Waals surface area contributed by atoms with Crippen molar-refractivity contribution in [3.8, 4) is 0 Å². The highest BCUT2D eigenvalue weighted by Gasteiger charge is 2.30. The molecule has 0 fully saturated rings. The average molecular weight is 1510 g/mol. The number of hydrogen-bond acceptors (Lipinski definition) is 15. The zero-order valence-electron chi connectivity index (χ0n) is 67.5. The summed E-state index contributed by atoms with van der Waals surface area (Å²) in [6.07, 6.45) is 69.2. The Balaban J connectivity index is 5.25. The number of aliphatic hydroxyl groups is 1. The summed E-state index contributed by atoms with van der Waals surface area (Å²) in [6, 6.07) is 0. The smallest absolute Gasteiger partial charge is 0.462 e. The molecule has 0 aliphatic heterocycles. The van der Waals surface area contributed by atoms with Gasteiger partial charge >= 0.3 is 39.5 Å². The summed E-state index contributed by atoms with van der Waals surface area (Å²) < 4.78 is 68.9. The van der Waals surface area contributed by atoms with Crippen molar-refractivity contribution in [3.63, 3.8) is 0 Å². The van der Waals surface area contributed by atoms with E-state index in [4.69, 9.17) is 37.0 Å². The predicted molar refractivity (Wildman–Crippen MR) is 423 cm³/mol. The van der Waals surface area contributed by atoms with Gasteiger partial charge in [0, 0.05) is 25.7 Å². The van der Waals surface area contributed by atoms with Gasteiger partial charge in [-0.1, -0.05) is 401 Å². The minimum absolute atomic E-state index is 0.109. The van der Waals surface area contributed by atoms with E-state index < -0.39 is 97.5 Å². The maximum absolute atomic E-state index is 13.1. The molecule has 0 saturated heterocycles. The lowest BCUT2D eigenvalue weighted by molar-refractivity contribution is -0.161. The highest BCUT2D eigenvalue weighted by molar-refractivity contribution is 7.47. The van der Waals surface area contributed by atoms with Gasteiger partial charge in [0.05, 0.1) is 26.4 Å². The van der Waals surface area contributed by atoms with Gasteiger partial charge in [-0.3, -0.25) is 37.3 Å². The van der Waals surface area contributed by atoms with Gasteiger partial charge in [0.2, 0.25) is 0 Å². The van der Waals surface area contributed by atoms with Crippen LogP contribution in [0, 0.1) is 5.92 Å². The summed E-state index contributed by atoms with van der Waals surface area (Å²) in [7, 11) is -9.92. The molecule has 0 aromatic carbocycles. The van der Waals surface area contributed by atoms with Gasteiger partial charge < -0.3 is 33.8 Å². The van der Waals surface area contributed by atoms with Crippen molar-refractivity contribution in [1.82, 2.24) is 0 Å². The second kappa shape index (κ2) is 76.8. The molecule has 0 heterocycles. The molecule has 6 atom stereocenters. The molecule has 3 unspecified atom stereocenters. The molecule has 0 aliphatic carbocycles. The fourth-order valence-electron chi connectivity index (χ4n) is 13.1. The van der Waals surface area contributed by atoms with Crippen LogP contribution in [0.4, 0.5) is 0 Å². The minimum atomic E-state index is -4.96. The summed E-state index contributed by atoms with van der Waals surface area (Å²) in [6.45, 7) is 7.41. The first kappa shape index (κ1) is 101. The average Bonchev–Trinajstić information content (AvgIpc) is 0.920. The Morgan fingerprint density at radius 3 is 0.689 bits per heavy atom. The second-order valence-electron chi connectivity index (χ2n) is 30.5. The molecular weight excluding hydrogens is 1340 g/mol. The van der Waals surface area contributed by atoms with Crippen LogP contribution in [0.2, 0.25) is 0 Å². The predicted octanol–water partition coefficient (Wildman–Crippen LogP) is 25.6. The molecule has 0 radical (unpaired) electrons. The quantitative estimate of drug-likeness (QED) is 0.0222. The number of esters is 4. The third kappa shape index (κ3) is 76.6. The van der Waals surface area contributed by atoms with Gasteiger partial charge in [0.15, 0.2) is 12.2 Å². The molecular formula is C84H164O17P2. The number of ether oxygens (including phenoxy) is 4. The van der Waals surface area contributed by atoms with Crippen molar-refractivity contribution in [2.24, 2.45) is 5.92 Å². The van der Waals surface area contributed by atoms with Crippen molar-refractivity contribution in [2.45, 2.75) is 470 Å². The van der Waals surface area contributed by atoms with E-state index in [0.717, 1.165) is 95.8 Å². The van der Waals surface area contributed by atoms with Crippen LogP contribution < -0.4 is 0 Å². The molecule has 17 nitrogen and oxygen atoms in total. The molecule has 0 amide bonds. The van der Waals surface area contributed by atoms with Crippen LogP contribution in [0.15, 0.2) is 0 Å². The van der Waals surface area contributed by atoms with Crippen molar-refractivity contribution < 1.29 is 80.2 Å². The lowest BCUT2D eigenvalue weighted by Gasteiger charge is -2.21. The standard InChI is InChI=1S/C84H164O17P2/c1-6-10-13-16-19-22-25-27-29-31-33-38-43-48-53-58-63-68-82(87)95-74-80(101-84(89)70-65-60-55-50-45-40-36-35-37-42-46-51-56-61-66-77(5)9-4)76-99-103(92,93)97-72-78(85)71-96-102(90,91)98-75-79(73-94-81(86)67-62-57-52-47-41-24-21-18-15-12-8-3)100-83(88)69-64-59-54-49-44-39-34-32-30-28-26-23-20-17-14-11-7-2/h77-80,85H,6-76H2,1-5H3,(H,90,91)(H,92,93)/t77?,78-,79+,80+/m0/s1. The van der Waals surface area contributed by atoms with Gasteiger partial charge in [-0.2, -0.15) is 0 Å². The van der Waals surface area contributed by atoms with E-state index in [1.165, 1.54) is 276 Å². The summed E-state index contributed by atoms with van der Waals surface area (Å²) in [5, 5.41) is 10.7. The molecule has 0 aromatic rings. The summed E-state index contributed by atoms with van der Waals surface area (Å²) in [5.74, 6) is -1.25. The molecule has 3 N–H and O–H groups in total.